The third-order valence-electron chi connectivity index (χ3n) is 3.91. The van der Waals surface area contributed by atoms with Gasteiger partial charge in [0.05, 0.1) is 11.3 Å². The van der Waals surface area contributed by atoms with Crippen LogP contribution in [0, 0.1) is 0 Å². The van der Waals surface area contributed by atoms with Crippen LogP contribution in [-0.4, -0.2) is 9.38 Å². The molecule has 0 atom stereocenters. The van der Waals surface area contributed by atoms with Gasteiger partial charge in [0.15, 0.2) is 4.96 Å². The smallest absolute Gasteiger partial charge is 0.297 e. The standard InChI is InChI=1S/C19H13F3N2S/c20-19(21,22)15-8-4-5-13(9-15)10-16-11-24-12-17(23-18(24)25-16)14-6-2-1-3-7-14/h1-9,11-12H,10H2. The van der Waals surface area contributed by atoms with E-state index in [-0.39, 0.29) is 0 Å². The number of hydrogen-bond donors (Lipinski definition) is 0. The lowest BCUT2D eigenvalue weighted by Crippen LogP contribution is -2.05. The lowest BCUT2D eigenvalue weighted by atomic mass is 10.1. The van der Waals surface area contributed by atoms with Gasteiger partial charge in [0.2, 0.25) is 0 Å². The molecular weight excluding hydrogens is 345 g/mol. The van der Waals surface area contributed by atoms with E-state index in [4.69, 9.17) is 0 Å². The van der Waals surface area contributed by atoms with Gasteiger partial charge in [0.25, 0.3) is 0 Å². The van der Waals surface area contributed by atoms with Crippen molar-refractivity contribution in [2.75, 3.05) is 0 Å². The van der Waals surface area contributed by atoms with E-state index in [1.165, 1.54) is 23.5 Å². The molecule has 0 aliphatic heterocycles. The summed E-state index contributed by atoms with van der Waals surface area (Å²) >= 11 is 1.49. The quantitative estimate of drug-likeness (QED) is 0.461. The first kappa shape index (κ1) is 15.9. The highest BCUT2D eigenvalue weighted by Gasteiger charge is 2.30. The second kappa shape index (κ2) is 6.04. The zero-order valence-corrected chi connectivity index (χ0v) is 13.8. The molecule has 6 heteroatoms. The highest BCUT2D eigenvalue weighted by Crippen LogP contribution is 2.31. The highest BCUT2D eigenvalue weighted by molar-refractivity contribution is 7.17. The Morgan fingerprint density at radius 2 is 1.76 bits per heavy atom. The summed E-state index contributed by atoms with van der Waals surface area (Å²) in [5.74, 6) is 0. The summed E-state index contributed by atoms with van der Waals surface area (Å²) < 4.78 is 40.4. The molecule has 2 nitrogen and oxygen atoms in total. The zero-order chi connectivity index (χ0) is 17.4. The third kappa shape index (κ3) is 3.30. The molecule has 25 heavy (non-hydrogen) atoms. The summed E-state index contributed by atoms with van der Waals surface area (Å²) in [6, 6.07) is 15.3. The minimum atomic E-state index is -4.31. The molecule has 2 heterocycles. The molecule has 0 saturated heterocycles. The predicted octanol–water partition coefficient (Wildman–Crippen LogP) is 5.67. The van der Waals surface area contributed by atoms with Crippen LogP contribution in [0.15, 0.2) is 67.0 Å². The fraction of sp³-hybridized carbons (Fsp3) is 0.105. The molecule has 0 radical (unpaired) electrons. The number of nitrogens with zero attached hydrogens (tertiary/aromatic N) is 2. The number of aromatic nitrogens is 2. The summed E-state index contributed by atoms with van der Waals surface area (Å²) in [4.78, 5) is 6.41. The van der Waals surface area contributed by atoms with Crippen molar-refractivity contribution >= 4 is 16.3 Å². The van der Waals surface area contributed by atoms with Crippen LogP contribution in [0.3, 0.4) is 0 Å². The first-order valence-electron chi connectivity index (χ1n) is 7.68. The van der Waals surface area contributed by atoms with Crippen molar-refractivity contribution in [1.29, 1.82) is 0 Å². The van der Waals surface area contributed by atoms with Crippen LogP contribution in [-0.2, 0) is 12.6 Å². The van der Waals surface area contributed by atoms with Crippen molar-refractivity contribution in [3.8, 4) is 11.3 Å². The van der Waals surface area contributed by atoms with Gasteiger partial charge in [-0.25, -0.2) is 4.98 Å². The first-order valence-corrected chi connectivity index (χ1v) is 8.50. The SMILES string of the molecule is FC(F)(F)c1cccc(Cc2cn3cc(-c4ccccc4)nc3s2)c1. The fourth-order valence-corrected chi connectivity index (χ4v) is 3.73. The van der Waals surface area contributed by atoms with Crippen LogP contribution in [0.1, 0.15) is 16.0 Å². The maximum absolute atomic E-state index is 12.8. The summed E-state index contributed by atoms with van der Waals surface area (Å²) in [6.45, 7) is 0. The maximum atomic E-state index is 12.8. The first-order chi connectivity index (χ1) is 12.0. The minimum absolute atomic E-state index is 0.457. The number of hydrogen-bond acceptors (Lipinski definition) is 2. The van der Waals surface area contributed by atoms with Gasteiger partial charge in [-0.2, -0.15) is 13.2 Å². The van der Waals surface area contributed by atoms with Gasteiger partial charge >= 0.3 is 6.18 Å². The average molecular weight is 358 g/mol. The van der Waals surface area contributed by atoms with Crippen LogP contribution < -0.4 is 0 Å². The number of benzene rings is 2. The maximum Gasteiger partial charge on any atom is 0.416 e. The molecule has 0 spiro atoms. The Kier molecular flexibility index (Phi) is 3.84. The Bertz CT molecular complexity index is 985. The van der Waals surface area contributed by atoms with Gasteiger partial charge in [-0.3, -0.25) is 4.40 Å². The summed E-state index contributed by atoms with van der Waals surface area (Å²) in [5.41, 5.74) is 1.95. The molecule has 126 valence electrons. The number of halogens is 3. The number of fused-ring (bicyclic) bond motifs is 1. The normalized spacial score (nSPS) is 12.0. The Labute approximate surface area is 146 Å². The van der Waals surface area contributed by atoms with E-state index in [1.807, 2.05) is 47.1 Å². The molecule has 0 bridgehead atoms. The van der Waals surface area contributed by atoms with Gasteiger partial charge in [-0.05, 0) is 11.6 Å². The van der Waals surface area contributed by atoms with Crippen molar-refractivity contribution in [3.05, 3.63) is 83.0 Å². The molecule has 0 fully saturated rings. The molecule has 0 aliphatic carbocycles. The fourth-order valence-electron chi connectivity index (χ4n) is 2.73. The van der Waals surface area contributed by atoms with Crippen LogP contribution in [0.2, 0.25) is 0 Å². The van der Waals surface area contributed by atoms with Crippen molar-refractivity contribution in [1.82, 2.24) is 9.38 Å². The lowest BCUT2D eigenvalue weighted by Gasteiger charge is -2.07. The number of alkyl halides is 3. The van der Waals surface area contributed by atoms with Gasteiger partial charge in [-0.1, -0.05) is 48.5 Å². The van der Waals surface area contributed by atoms with Crippen LogP contribution in [0.4, 0.5) is 13.2 Å². The summed E-state index contributed by atoms with van der Waals surface area (Å²) in [5, 5.41) is 0. The van der Waals surface area contributed by atoms with Crippen molar-refractivity contribution in [3.63, 3.8) is 0 Å². The van der Waals surface area contributed by atoms with E-state index in [0.29, 0.717) is 12.0 Å². The molecule has 2 aromatic carbocycles. The Morgan fingerprint density at radius 3 is 2.48 bits per heavy atom. The van der Waals surface area contributed by atoms with E-state index in [2.05, 4.69) is 4.98 Å². The minimum Gasteiger partial charge on any atom is -0.297 e. The Hall–Kier alpha value is -2.60. The molecule has 4 rings (SSSR count). The van der Waals surface area contributed by atoms with E-state index < -0.39 is 11.7 Å². The van der Waals surface area contributed by atoms with Crippen LogP contribution >= 0.6 is 11.3 Å². The Balaban J connectivity index is 1.60. The molecule has 0 N–H and O–H groups in total. The third-order valence-corrected chi connectivity index (χ3v) is 4.90. The zero-order valence-electron chi connectivity index (χ0n) is 13.0. The van der Waals surface area contributed by atoms with Crippen molar-refractivity contribution in [2.24, 2.45) is 0 Å². The van der Waals surface area contributed by atoms with Gasteiger partial charge < -0.3 is 0 Å². The van der Waals surface area contributed by atoms with Gasteiger partial charge in [0, 0.05) is 29.3 Å². The summed E-state index contributed by atoms with van der Waals surface area (Å²) in [7, 11) is 0. The number of imidazole rings is 1. The van der Waals surface area contributed by atoms with Crippen molar-refractivity contribution in [2.45, 2.75) is 12.6 Å². The van der Waals surface area contributed by atoms with Gasteiger partial charge in [0.1, 0.15) is 0 Å². The largest absolute Gasteiger partial charge is 0.416 e. The van der Waals surface area contributed by atoms with E-state index in [0.717, 1.165) is 27.2 Å². The highest BCUT2D eigenvalue weighted by atomic mass is 32.1. The molecule has 0 saturated carbocycles. The van der Waals surface area contributed by atoms with E-state index in [9.17, 15) is 13.2 Å². The number of rotatable bonds is 3. The summed E-state index contributed by atoms with van der Waals surface area (Å²) in [6.07, 6.45) is 0.0136. The molecule has 2 aromatic heterocycles. The Morgan fingerprint density at radius 1 is 0.960 bits per heavy atom. The second-order valence-corrected chi connectivity index (χ2v) is 6.85. The van der Waals surface area contributed by atoms with Crippen LogP contribution in [0.5, 0.6) is 0 Å². The monoisotopic (exact) mass is 358 g/mol. The predicted molar refractivity (Wildman–Crippen MR) is 92.8 cm³/mol. The molecular formula is C19H13F3N2S. The molecule has 0 unspecified atom stereocenters. The van der Waals surface area contributed by atoms with E-state index in [1.54, 1.807) is 6.07 Å². The second-order valence-electron chi connectivity index (χ2n) is 5.75. The van der Waals surface area contributed by atoms with Crippen LogP contribution in [0.25, 0.3) is 16.2 Å². The van der Waals surface area contributed by atoms with Crippen molar-refractivity contribution < 1.29 is 13.2 Å². The van der Waals surface area contributed by atoms with E-state index >= 15 is 0 Å². The topological polar surface area (TPSA) is 17.3 Å². The molecule has 4 aromatic rings. The van der Waals surface area contributed by atoms with Gasteiger partial charge in [-0.15, -0.1) is 11.3 Å². The molecule has 0 aliphatic rings. The average Bonchev–Trinajstić information content (AvgIpc) is 3.13. The number of thiazole rings is 1. The molecule has 0 amide bonds. The lowest BCUT2D eigenvalue weighted by molar-refractivity contribution is -0.137.